The van der Waals surface area contributed by atoms with Crippen LogP contribution in [0.15, 0.2) is 0 Å². The van der Waals surface area contributed by atoms with Crippen LogP contribution in [0.3, 0.4) is 0 Å². The summed E-state index contributed by atoms with van der Waals surface area (Å²) in [6.45, 7) is 17.8. The topological polar surface area (TPSA) is 20.2 Å². The maximum atomic E-state index is 10.6. The minimum absolute atomic E-state index is 0.0494. The first-order valence-corrected chi connectivity index (χ1v) is 13.7. The number of aliphatic hydroxyl groups excluding tert-OH is 1. The summed E-state index contributed by atoms with van der Waals surface area (Å²) in [7, 11) is 0. The van der Waals surface area contributed by atoms with Crippen molar-refractivity contribution in [3.8, 4) is 0 Å². The molecule has 4 fully saturated rings. The summed E-state index contributed by atoms with van der Waals surface area (Å²) < 4.78 is 0. The molecule has 4 aliphatic rings. The van der Waals surface area contributed by atoms with Gasteiger partial charge in [0, 0.05) is 0 Å². The molecule has 0 aromatic heterocycles. The smallest absolute Gasteiger partial charge is 0.0568 e. The highest BCUT2D eigenvalue weighted by molar-refractivity contribution is 5.15. The monoisotopic (exact) mass is 416 g/mol. The number of hydrogen-bond acceptors (Lipinski definition) is 1. The van der Waals surface area contributed by atoms with Gasteiger partial charge in [0.15, 0.2) is 0 Å². The molecule has 0 spiro atoms. The van der Waals surface area contributed by atoms with Crippen molar-refractivity contribution >= 4 is 0 Å². The fourth-order valence-electron chi connectivity index (χ4n) is 10.1. The van der Waals surface area contributed by atoms with E-state index >= 15 is 0 Å². The van der Waals surface area contributed by atoms with Crippen molar-refractivity contribution in [2.45, 2.75) is 125 Å². The molecule has 0 heterocycles. The van der Waals surface area contributed by atoms with Gasteiger partial charge in [-0.2, -0.15) is 0 Å². The summed E-state index contributed by atoms with van der Waals surface area (Å²) in [5.41, 5.74) is 1.57. The summed E-state index contributed by atoms with van der Waals surface area (Å²) in [5.74, 6) is 5.76. The second-order valence-electron chi connectivity index (χ2n) is 13.7. The Morgan fingerprint density at radius 1 is 0.767 bits per heavy atom. The van der Waals surface area contributed by atoms with E-state index in [0.29, 0.717) is 22.2 Å². The Hall–Kier alpha value is -0.0400. The van der Waals surface area contributed by atoms with Gasteiger partial charge in [-0.1, -0.05) is 67.7 Å². The van der Waals surface area contributed by atoms with Crippen molar-refractivity contribution in [1.82, 2.24) is 0 Å². The van der Waals surface area contributed by atoms with Gasteiger partial charge in [-0.05, 0) is 109 Å². The number of hydrogen-bond donors (Lipinski definition) is 1. The average molecular weight is 417 g/mol. The maximum absolute atomic E-state index is 10.6. The van der Waals surface area contributed by atoms with Crippen LogP contribution < -0.4 is 0 Å². The second-order valence-corrected chi connectivity index (χ2v) is 13.7. The van der Waals surface area contributed by atoms with E-state index in [-0.39, 0.29) is 6.10 Å². The summed E-state index contributed by atoms with van der Waals surface area (Å²) in [6.07, 6.45) is 15.2. The molecule has 0 aliphatic heterocycles. The van der Waals surface area contributed by atoms with Gasteiger partial charge in [0.1, 0.15) is 0 Å². The van der Waals surface area contributed by atoms with Crippen molar-refractivity contribution in [2.75, 3.05) is 0 Å². The molecule has 0 aromatic carbocycles. The molecule has 30 heavy (non-hydrogen) atoms. The van der Waals surface area contributed by atoms with E-state index in [9.17, 15) is 5.11 Å². The van der Waals surface area contributed by atoms with E-state index in [2.05, 4.69) is 48.5 Å². The van der Waals surface area contributed by atoms with Gasteiger partial charge in [0.05, 0.1) is 6.10 Å². The lowest BCUT2D eigenvalue weighted by molar-refractivity contribution is -0.179. The number of rotatable bonds is 5. The lowest BCUT2D eigenvalue weighted by Crippen LogP contribution is -2.59. The minimum Gasteiger partial charge on any atom is -0.393 e. The summed E-state index contributed by atoms with van der Waals surface area (Å²) in [4.78, 5) is 0. The van der Waals surface area contributed by atoms with E-state index in [1.807, 2.05) is 0 Å². The molecule has 4 saturated carbocycles. The number of fused-ring (bicyclic) bond motifs is 5. The van der Waals surface area contributed by atoms with Crippen LogP contribution in [0.25, 0.3) is 0 Å². The van der Waals surface area contributed by atoms with E-state index in [1.54, 1.807) is 0 Å². The first-order valence-electron chi connectivity index (χ1n) is 13.7. The molecule has 1 N–H and O–H groups in total. The first kappa shape index (κ1) is 23.1. The predicted octanol–water partition coefficient (Wildman–Crippen LogP) is 8.10. The van der Waals surface area contributed by atoms with Gasteiger partial charge in [0.2, 0.25) is 0 Å². The van der Waals surface area contributed by atoms with Gasteiger partial charge in [-0.15, -0.1) is 0 Å². The van der Waals surface area contributed by atoms with Gasteiger partial charge >= 0.3 is 0 Å². The molecule has 4 rings (SSSR count). The van der Waals surface area contributed by atoms with Gasteiger partial charge in [-0.25, -0.2) is 0 Å². The molecule has 1 nitrogen and oxygen atoms in total. The molecule has 0 radical (unpaired) electrons. The minimum atomic E-state index is -0.0494. The highest BCUT2D eigenvalue weighted by Gasteiger charge is 2.66. The van der Waals surface area contributed by atoms with Crippen LogP contribution in [0.2, 0.25) is 0 Å². The van der Waals surface area contributed by atoms with Crippen LogP contribution in [-0.4, -0.2) is 11.2 Å². The molecule has 4 aliphatic carbocycles. The third-order valence-electron chi connectivity index (χ3n) is 12.2. The van der Waals surface area contributed by atoms with Gasteiger partial charge < -0.3 is 5.11 Å². The van der Waals surface area contributed by atoms with Crippen LogP contribution in [0, 0.1) is 57.7 Å². The predicted molar refractivity (Wildman–Crippen MR) is 128 cm³/mol. The van der Waals surface area contributed by atoms with Crippen LogP contribution in [0.5, 0.6) is 0 Å². The third kappa shape index (κ3) is 3.34. The first-order chi connectivity index (χ1) is 14.0. The largest absolute Gasteiger partial charge is 0.393 e. The van der Waals surface area contributed by atoms with Gasteiger partial charge in [0.25, 0.3) is 0 Å². The molecule has 1 heteroatoms. The second kappa shape index (κ2) is 8.07. The van der Waals surface area contributed by atoms with Crippen molar-refractivity contribution in [2.24, 2.45) is 57.7 Å². The average Bonchev–Trinajstić information content (AvgIpc) is 2.96. The molecular weight excluding hydrogens is 364 g/mol. The molecule has 174 valence electrons. The Balaban J connectivity index is 1.54. The summed E-state index contributed by atoms with van der Waals surface area (Å²) in [6, 6.07) is 0. The zero-order valence-corrected chi connectivity index (χ0v) is 21.3. The highest BCUT2D eigenvalue weighted by atomic mass is 16.3. The van der Waals surface area contributed by atoms with Crippen LogP contribution in [0.1, 0.15) is 119 Å². The number of aliphatic hydroxyl groups is 1. The molecular formula is C29H52O. The molecule has 0 unspecified atom stereocenters. The maximum Gasteiger partial charge on any atom is 0.0568 e. The Kier molecular flexibility index (Phi) is 6.22. The fourth-order valence-corrected chi connectivity index (χ4v) is 10.1. The van der Waals surface area contributed by atoms with E-state index in [0.717, 1.165) is 41.9 Å². The Labute approximate surface area is 188 Å². The normalized spacial score (nSPS) is 51.9. The van der Waals surface area contributed by atoms with Crippen LogP contribution >= 0.6 is 0 Å². The molecule has 10 atom stereocenters. The van der Waals surface area contributed by atoms with Crippen LogP contribution in [0.4, 0.5) is 0 Å². The zero-order chi connectivity index (χ0) is 21.9. The quantitative estimate of drug-likeness (QED) is 0.480. The fraction of sp³-hybridized carbons (Fsp3) is 1.00. The molecule has 0 amide bonds. The Bertz CT molecular complexity index is 611. The lowest BCUT2D eigenvalue weighted by atomic mass is 9.39. The van der Waals surface area contributed by atoms with E-state index in [1.165, 1.54) is 64.2 Å². The Morgan fingerprint density at radius 2 is 1.43 bits per heavy atom. The van der Waals surface area contributed by atoms with E-state index < -0.39 is 0 Å². The van der Waals surface area contributed by atoms with Crippen molar-refractivity contribution in [3.05, 3.63) is 0 Å². The standard InChI is InChI=1S/C29H52O/c1-19(2)9-8-10-20(3)22-13-17-29(7)25-12-11-23-21(4)26(30)15-16-27(23,5)24(25)14-18-28(22,29)6/h19-26,30H,8-18H2,1-7H3/t20-,21+,22-,23+,24+,25-,26+,27+,28-,29+/m1/s1. The van der Waals surface area contributed by atoms with Crippen molar-refractivity contribution < 1.29 is 5.11 Å². The van der Waals surface area contributed by atoms with Gasteiger partial charge in [-0.3, -0.25) is 0 Å². The molecule has 0 bridgehead atoms. The molecule has 0 aromatic rings. The SMILES string of the molecule is CC(C)CCC[C@@H](C)[C@H]1CC[C@@]2(C)[C@@H]3CC[C@H]4[C@H](C)[C@@H](O)CC[C@]4(C)[C@H]3CC[C@]12C. The lowest BCUT2D eigenvalue weighted by Gasteiger charge is -2.66. The van der Waals surface area contributed by atoms with Crippen molar-refractivity contribution in [3.63, 3.8) is 0 Å². The summed E-state index contributed by atoms with van der Waals surface area (Å²) in [5, 5.41) is 10.6. The van der Waals surface area contributed by atoms with Crippen molar-refractivity contribution in [1.29, 1.82) is 0 Å². The Morgan fingerprint density at radius 3 is 2.13 bits per heavy atom. The van der Waals surface area contributed by atoms with E-state index in [4.69, 9.17) is 0 Å². The third-order valence-corrected chi connectivity index (χ3v) is 12.2. The summed E-state index contributed by atoms with van der Waals surface area (Å²) >= 11 is 0. The van der Waals surface area contributed by atoms with Crippen LogP contribution in [-0.2, 0) is 0 Å². The highest BCUT2D eigenvalue weighted by Crippen LogP contribution is 2.73. The zero-order valence-electron chi connectivity index (χ0n) is 21.3. The molecule has 0 saturated heterocycles.